The highest BCUT2D eigenvalue weighted by molar-refractivity contribution is 5.85. The van der Waals surface area contributed by atoms with E-state index in [2.05, 4.69) is 0 Å². The molecule has 1 atom stereocenters. The molecule has 12 heavy (non-hydrogen) atoms. The van der Waals surface area contributed by atoms with E-state index in [1.807, 2.05) is 0 Å². The van der Waals surface area contributed by atoms with Gasteiger partial charge in [-0.05, 0) is 30.6 Å². The first-order valence-corrected chi connectivity index (χ1v) is 3.21. The van der Waals surface area contributed by atoms with Crippen LogP contribution in [0.25, 0.3) is 0 Å². The summed E-state index contributed by atoms with van der Waals surface area (Å²) >= 11 is 0. The zero-order valence-electron chi connectivity index (χ0n) is 9.27. The highest BCUT2D eigenvalue weighted by atomic mass is 35.5. The van der Waals surface area contributed by atoms with Crippen molar-refractivity contribution in [1.82, 2.24) is 0 Å². The van der Waals surface area contributed by atoms with Crippen molar-refractivity contribution in [3.63, 3.8) is 0 Å². The van der Waals surface area contributed by atoms with Crippen LogP contribution in [0.1, 0.15) is 6.93 Å². The first kappa shape index (κ1) is 6.57. The summed E-state index contributed by atoms with van der Waals surface area (Å²) in [4.78, 5) is 0. The molecule has 0 spiro atoms. The van der Waals surface area contributed by atoms with Crippen LogP contribution in [0.15, 0.2) is 18.2 Å². The van der Waals surface area contributed by atoms with Crippen molar-refractivity contribution in [3.05, 3.63) is 23.8 Å². The number of halogens is 1. The number of aryl methyl sites for hydroxylation is 1. The van der Waals surface area contributed by atoms with Gasteiger partial charge in [0.1, 0.15) is 2.82 Å². The van der Waals surface area contributed by atoms with E-state index in [1.54, 1.807) is 6.07 Å². The van der Waals surface area contributed by atoms with Crippen molar-refractivity contribution in [3.8, 4) is 11.5 Å². The lowest BCUT2D eigenvalue weighted by Gasteiger charge is -2.00. The van der Waals surface area contributed by atoms with E-state index in [9.17, 15) is 0 Å². The second-order valence-corrected chi connectivity index (χ2v) is 2.21. The Labute approximate surface area is 81.6 Å². The third-order valence-corrected chi connectivity index (χ3v) is 1.37. The fourth-order valence-corrected chi connectivity index (χ4v) is 0.801. The van der Waals surface area contributed by atoms with Crippen LogP contribution in [0.5, 0.6) is 11.5 Å². The summed E-state index contributed by atoms with van der Waals surface area (Å²) in [6, 6.07) is 4.18. The summed E-state index contributed by atoms with van der Waals surface area (Å²) in [5.41, 5.74) is 0.883. The topological polar surface area (TPSA) is 66.5 Å². The van der Waals surface area contributed by atoms with Gasteiger partial charge in [0.05, 0.1) is 0 Å². The first-order valence-electron chi connectivity index (χ1n) is 4.68. The van der Waals surface area contributed by atoms with Crippen LogP contribution in [0.2, 0.25) is 2.82 Å². The number of hydrogen-bond acceptors (Lipinski definition) is 3. The van der Waals surface area contributed by atoms with E-state index in [0.29, 0.717) is 5.56 Å². The predicted octanol–water partition coefficient (Wildman–Crippen LogP) is 1.02. The minimum Gasteiger partial charge on any atom is -0.504 e. The average molecular weight is 193 g/mol. The number of phenolic OH excluding ortho intramolecular Hbond substituents is 2. The van der Waals surface area contributed by atoms with Crippen molar-refractivity contribution in [1.29, 1.82) is 0 Å². The molecule has 0 aromatic heterocycles. The molecule has 1 aromatic carbocycles. The van der Waals surface area contributed by atoms with Gasteiger partial charge in [-0.25, -0.2) is 0 Å². The van der Waals surface area contributed by atoms with Gasteiger partial charge in [-0.2, -0.15) is 0 Å². The molecule has 4 heteroatoms. The maximum absolute atomic E-state index is 9.13. The molecular formula is C8H12ClNO2. The van der Waals surface area contributed by atoms with E-state index in [-0.39, 0.29) is 36.0 Å². The molecule has 1 unspecified atom stereocenters. The molecule has 3 nitrogen and oxygen atoms in total. The second-order valence-electron chi connectivity index (χ2n) is 2.21. The number of aromatic hydroxyl groups is 2. The van der Waals surface area contributed by atoms with Crippen LogP contribution in [-0.2, 0) is 6.42 Å². The van der Waals surface area contributed by atoms with Gasteiger partial charge in [-0.15, -0.1) is 12.4 Å². The largest absolute Gasteiger partial charge is 0.504 e. The van der Waals surface area contributed by atoms with Gasteiger partial charge in [0.25, 0.3) is 0 Å². The maximum atomic E-state index is 9.13. The Bertz CT molecular complexity index is 325. The molecule has 0 amide bonds. The molecule has 1 rings (SSSR count). The standard InChI is InChI=1S/C8H11NO2.ClH/c9-4-3-6-1-2-7(10)8(11)5-6;/h1-2,5,10-11H,3-4,9H2;1H/i4D;/hD2. The number of rotatable bonds is 3. The lowest BCUT2D eigenvalue weighted by atomic mass is 10.1. The van der Waals surface area contributed by atoms with Crippen molar-refractivity contribution in [2.45, 2.75) is 6.42 Å². The molecule has 4 N–H and O–H groups in total. The molecule has 68 valence electrons. The number of hydrogen-bond donors (Lipinski definition) is 3. The molecule has 0 aliphatic rings. The third kappa shape index (κ3) is 2.60. The van der Waals surface area contributed by atoms with Gasteiger partial charge in [0, 0.05) is 1.37 Å². The smallest absolute Gasteiger partial charge is 0.157 e. The monoisotopic (exact) mass is 192 g/mol. The molecule has 0 heterocycles. The summed E-state index contributed by atoms with van der Waals surface area (Å²) < 4.78 is 21.0. The highest BCUT2D eigenvalue weighted by Gasteiger charge is 1.98. The summed E-state index contributed by atoms with van der Waals surface area (Å²) in [5.74, 6) is -0.472. The van der Waals surface area contributed by atoms with Gasteiger partial charge >= 0.3 is 0 Å². The normalized spacial score (nSPS) is 15.6. The molecule has 0 radical (unpaired) electrons. The second kappa shape index (κ2) is 4.85. The Morgan fingerprint density at radius 1 is 1.42 bits per heavy atom. The maximum Gasteiger partial charge on any atom is 0.157 e. The fraction of sp³-hybridized carbons (Fsp3) is 0.250. The van der Waals surface area contributed by atoms with Gasteiger partial charge in [-0.3, -0.25) is 0 Å². The summed E-state index contributed by atoms with van der Waals surface area (Å²) in [6.45, 7) is -1.00. The lowest BCUT2D eigenvalue weighted by Crippen LogP contribution is -2.02. The summed E-state index contributed by atoms with van der Waals surface area (Å²) in [7, 11) is 0. The zero-order valence-corrected chi connectivity index (χ0v) is 7.08. The van der Waals surface area contributed by atoms with Crippen molar-refractivity contribution >= 4 is 12.4 Å². The van der Waals surface area contributed by atoms with Gasteiger partial charge in [0.15, 0.2) is 11.5 Å². The molecule has 0 aliphatic carbocycles. The SMILES string of the molecule is Cl.[2H]C(Cc1ccc(O)c(O)c1)N([2H])[2H]. The van der Waals surface area contributed by atoms with E-state index < -0.39 is 6.52 Å². The van der Waals surface area contributed by atoms with Gasteiger partial charge in [-0.1, -0.05) is 6.07 Å². The molecular weight excluding hydrogens is 178 g/mol. The quantitative estimate of drug-likeness (QED) is 0.627. The van der Waals surface area contributed by atoms with E-state index >= 15 is 0 Å². The van der Waals surface area contributed by atoms with E-state index in [0.717, 1.165) is 0 Å². The third-order valence-electron chi connectivity index (χ3n) is 1.37. The number of nitrogens with two attached hydrogens (primary N) is 1. The van der Waals surface area contributed by atoms with E-state index in [1.165, 1.54) is 12.1 Å². The molecule has 1 aromatic rings. The fourth-order valence-electron chi connectivity index (χ4n) is 0.801. The van der Waals surface area contributed by atoms with Crippen molar-refractivity contribution < 1.29 is 14.4 Å². The molecule has 0 saturated carbocycles. The molecule has 0 aliphatic heterocycles. The van der Waals surface area contributed by atoms with Gasteiger partial charge < -0.3 is 15.9 Å². The summed E-state index contributed by atoms with van der Waals surface area (Å²) in [6.07, 6.45) is 0.154. The summed E-state index contributed by atoms with van der Waals surface area (Å²) in [5, 5.41) is 18.1. The Morgan fingerprint density at radius 2 is 2.17 bits per heavy atom. The zero-order chi connectivity index (χ0) is 10.7. The van der Waals surface area contributed by atoms with Crippen LogP contribution in [0.3, 0.4) is 0 Å². The van der Waals surface area contributed by atoms with Gasteiger partial charge in [0.2, 0.25) is 0 Å². The van der Waals surface area contributed by atoms with Crippen molar-refractivity contribution in [2.75, 3.05) is 6.52 Å². The van der Waals surface area contributed by atoms with E-state index in [4.69, 9.17) is 14.4 Å². The van der Waals surface area contributed by atoms with Crippen LogP contribution < -0.4 is 5.72 Å². The average Bonchev–Trinajstić information content (AvgIpc) is 2.11. The lowest BCUT2D eigenvalue weighted by molar-refractivity contribution is 0.403. The number of phenols is 2. The first-order chi connectivity index (χ1) is 6.50. The minimum atomic E-state index is -1.00. The Balaban J connectivity index is 0.00000196. The Hall–Kier alpha value is -0.930. The van der Waals surface area contributed by atoms with Crippen LogP contribution in [-0.4, -0.2) is 16.7 Å². The molecule has 0 bridgehead atoms. The number of benzene rings is 1. The van der Waals surface area contributed by atoms with Crippen molar-refractivity contribution in [2.24, 2.45) is 5.72 Å². The Morgan fingerprint density at radius 3 is 2.75 bits per heavy atom. The van der Waals surface area contributed by atoms with Crippen LogP contribution in [0, 0.1) is 0 Å². The molecule has 0 saturated heterocycles. The van der Waals surface area contributed by atoms with Crippen LogP contribution >= 0.6 is 12.4 Å². The molecule has 0 fully saturated rings. The Kier molecular flexibility index (Phi) is 2.66. The van der Waals surface area contributed by atoms with Crippen LogP contribution in [0.4, 0.5) is 0 Å². The highest BCUT2D eigenvalue weighted by Crippen LogP contribution is 2.24. The minimum absolute atomic E-state index is 0. The predicted molar refractivity (Wildman–Crippen MR) is 49.8 cm³/mol.